The smallest absolute Gasteiger partial charge is 0.246 e. The van der Waals surface area contributed by atoms with Crippen LogP contribution in [-0.4, -0.2) is 42.6 Å². The van der Waals surface area contributed by atoms with Crippen molar-refractivity contribution in [1.29, 1.82) is 0 Å². The number of aromatic nitrogens is 2. The summed E-state index contributed by atoms with van der Waals surface area (Å²) in [4.78, 5) is 0.317. The summed E-state index contributed by atoms with van der Waals surface area (Å²) in [6.07, 6.45) is 0.858. The van der Waals surface area contributed by atoms with Crippen LogP contribution in [0.5, 0.6) is 0 Å². The van der Waals surface area contributed by atoms with Gasteiger partial charge in [0.05, 0.1) is 11.4 Å². The van der Waals surface area contributed by atoms with Crippen molar-refractivity contribution in [3.63, 3.8) is 0 Å². The van der Waals surface area contributed by atoms with E-state index in [0.717, 1.165) is 6.42 Å². The Bertz CT molecular complexity index is 533. The molecular formula is C12H22N4O2S. The number of nitrogens with two attached hydrogens (primary N) is 1. The van der Waals surface area contributed by atoms with Gasteiger partial charge in [0.2, 0.25) is 10.0 Å². The second kappa shape index (κ2) is 5.22. The van der Waals surface area contributed by atoms with Crippen LogP contribution < -0.4 is 5.73 Å². The van der Waals surface area contributed by atoms with Crippen molar-refractivity contribution in [1.82, 2.24) is 14.5 Å². The maximum Gasteiger partial charge on any atom is 0.246 e. The lowest BCUT2D eigenvalue weighted by Gasteiger charge is -2.35. The molecule has 108 valence electrons. The van der Waals surface area contributed by atoms with Crippen molar-refractivity contribution in [3.8, 4) is 0 Å². The molecule has 1 aromatic rings. The van der Waals surface area contributed by atoms with Gasteiger partial charge in [-0.25, -0.2) is 8.42 Å². The van der Waals surface area contributed by atoms with E-state index >= 15 is 0 Å². The van der Waals surface area contributed by atoms with E-state index in [1.807, 2.05) is 0 Å². The molecule has 2 atom stereocenters. The monoisotopic (exact) mass is 286 g/mol. The van der Waals surface area contributed by atoms with Crippen molar-refractivity contribution in [2.24, 2.45) is 17.6 Å². The van der Waals surface area contributed by atoms with Gasteiger partial charge in [-0.15, -0.1) is 0 Å². The van der Waals surface area contributed by atoms with Crippen LogP contribution in [0.2, 0.25) is 0 Å². The molecule has 6 nitrogen and oxygen atoms in total. The summed E-state index contributed by atoms with van der Waals surface area (Å²) in [6, 6.07) is 0. The van der Waals surface area contributed by atoms with Crippen LogP contribution in [0.3, 0.4) is 0 Å². The van der Waals surface area contributed by atoms with E-state index in [0.29, 0.717) is 41.8 Å². The summed E-state index contributed by atoms with van der Waals surface area (Å²) in [5.41, 5.74) is 6.86. The average molecular weight is 286 g/mol. The number of hydrogen-bond donors (Lipinski definition) is 2. The number of aryl methyl sites for hydroxylation is 2. The third-order valence-electron chi connectivity index (χ3n) is 4.04. The first kappa shape index (κ1) is 14.5. The summed E-state index contributed by atoms with van der Waals surface area (Å²) < 4.78 is 26.9. The molecule has 0 aromatic carbocycles. The molecule has 3 N–H and O–H groups in total. The number of sulfonamides is 1. The molecule has 2 heterocycles. The zero-order valence-corrected chi connectivity index (χ0v) is 12.5. The second-order valence-electron chi connectivity index (χ2n) is 5.39. The molecule has 0 bridgehead atoms. The van der Waals surface area contributed by atoms with Gasteiger partial charge in [0, 0.05) is 13.1 Å². The van der Waals surface area contributed by atoms with Crippen LogP contribution in [-0.2, 0) is 10.0 Å². The Labute approximate surface area is 114 Å². The maximum atomic E-state index is 12.7. The van der Waals surface area contributed by atoms with E-state index in [1.54, 1.807) is 18.2 Å². The minimum Gasteiger partial charge on any atom is -0.330 e. The Hall–Kier alpha value is -0.920. The van der Waals surface area contributed by atoms with Gasteiger partial charge in [-0.1, -0.05) is 6.92 Å². The largest absolute Gasteiger partial charge is 0.330 e. The number of aromatic amines is 1. The quantitative estimate of drug-likeness (QED) is 0.852. The zero-order chi connectivity index (χ0) is 14.2. The Balaban J connectivity index is 2.31. The lowest BCUT2D eigenvalue weighted by Crippen LogP contribution is -2.45. The summed E-state index contributed by atoms with van der Waals surface area (Å²) in [7, 11) is -3.46. The van der Waals surface area contributed by atoms with Crippen LogP contribution in [0.25, 0.3) is 0 Å². The molecule has 19 heavy (non-hydrogen) atoms. The standard InChI is InChI=1S/C12H22N4O2S/c1-8-4-5-16(7-11(8)6-13)19(17,18)12-9(2)14-15-10(12)3/h8,11H,4-7,13H2,1-3H3,(H,14,15). The molecule has 0 amide bonds. The maximum absolute atomic E-state index is 12.7. The van der Waals surface area contributed by atoms with Gasteiger partial charge in [0.25, 0.3) is 0 Å². The first-order valence-electron chi connectivity index (χ1n) is 6.59. The fourth-order valence-corrected chi connectivity index (χ4v) is 4.53. The molecule has 1 fully saturated rings. The van der Waals surface area contributed by atoms with E-state index in [2.05, 4.69) is 17.1 Å². The molecule has 0 aliphatic carbocycles. The Morgan fingerprint density at radius 3 is 2.68 bits per heavy atom. The highest BCUT2D eigenvalue weighted by Gasteiger charge is 2.35. The van der Waals surface area contributed by atoms with Crippen molar-refractivity contribution in [2.45, 2.75) is 32.1 Å². The highest BCUT2D eigenvalue weighted by Crippen LogP contribution is 2.29. The van der Waals surface area contributed by atoms with Gasteiger partial charge in [0.15, 0.2) is 0 Å². The molecule has 0 spiro atoms. The minimum absolute atomic E-state index is 0.232. The van der Waals surface area contributed by atoms with E-state index in [1.165, 1.54) is 0 Å². The number of rotatable bonds is 3. The zero-order valence-electron chi connectivity index (χ0n) is 11.7. The molecule has 2 unspecified atom stereocenters. The second-order valence-corrected chi connectivity index (χ2v) is 7.26. The Kier molecular flexibility index (Phi) is 3.98. The van der Waals surface area contributed by atoms with Crippen molar-refractivity contribution < 1.29 is 8.42 Å². The molecule has 7 heteroatoms. The number of nitrogens with zero attached hydrogens (tertiary/aromatic N) is 2. The number of nitrogens with one attached hydrogen (secondary N) is 1. The molecule has 1 saturated heterocycles. The highest BCUT2D eigenvalue weighted by atomic mass is 32.2. The van der Waals surface area contributed by atoms with Gasteiger partial charge in [-0.2, -0.15) is 9.40 Å². The molecule has 2 rings (SSSR count). The van der Waals surface area contributed by atoms with E-state index < -0.39 is 10.0 Å². The third kappa shape index (κ3) is 2.54. The summed E-state index contributed by atoms with van der Waals surface area (Å²) in [5, 5.41) is 6.71. The van der Waals surface area contributed by atoms with Gasteiger partial charge >= 0.3 is 0 Å². The predicted octanol–water partition coefficient (Wildman–Crippen LogP) is 0.632. The number of hydrogen-bond acceptors (Lipinski definition) is 4. The molecule has 0 radical (unpaired) electrons. The SMILES string of the molecule is Cc1n[nH]c(C)c1S(=O)(=O)N1CCC(C)C(CN)C1. The molecule has 1 aliphatic heterocycles. The lowest BCUT2D eigenvalue weighted by molar-refractivity contribution is 0.203. The van der Waals surface area contributed by atoms with Gasteiger partial charge < -0.3 is 5.73 Å². The Morgan fingerprint density at radius 2 is 2.16 bits per heavy atom. The number of piperidine rings is 1. The lowest BCUT2D eigenvalue weighted by atomic mass is 9.88. The first-order valence-corrected chi connectivity index (χ1v) is 8.03. The first-order chi connectivity index (χ1) is 8.87. The van der Waals surface area contributed by atoms with E-state index in [4.69, 9.17) is 5.73 Å². The number of H-pyrrole nitrogens is 1. The summed E-state index contributed by atoms with van der Waals surface area (Å²) in [5.74, 6) is 0.707. The van der Waals surface area contributed by atoms with Crippen molar-refractivity contribution in [3.05, 3.63) is 11.4 Å². The Morgan fingerprint density at radius 1 is 1.47 bits per heavy atom. The predicted molar refractivity (Wildman–Crippen MR) is 73.1 cm³/mol. The summed E-state index contributed by atoms with van der Waals surface area (Å²) in [6.45, 7) is 7.17. The van der Waals surface area contributed by atoms with Gasteiger partial charge in [0.1, 0.15) is 4.90 Å². The summed E-state index contributed by atoms with van der Waals surface area (Å²) >= 11 is 0. The van der Waals surface area contributed by atoms with Crippen LogP contribution in [0.15, 0.2) is 4.90 Å². The molecule has 1 aliphatic rings. The molecule has 1 aromatic heterocycles. The van der Waals surface area contributed by atoms with Crippen LogP contribution in [0, 0.1) is 25.7 Å². The van der Waals surface area contributed by atoms with Crippen LogP contribution in [0.4, 0.5) is 0 Å². The fourth-order valence-electron chi connectivity index (χ4n) is 2.69. The van der Waals surface area contributed by atoms with Crippen molar-refractivity contribution >= 4 is 10.0 Å². The normalized spacial score (nSPS) is 25.7. The van der Waals surface area contributed by atoms with Gasteiger partial charge in [-0.05, 0) is 38.6 Å². The molecule has 0 saturated carbocycles. The highest BCUT2D eigenvalue weighted by molar-refractivity contribution is 7.89. The van der Waals surface area contributed by atoms with Crippen LogP contribution in [0.1, 0.15) is 24.7 Å². The topological polar surface area (TPSA) is 92.1 Å². The third-order valence-corrected chi connectivity index (χ3v) is 6.17. The van der Waals surface area contributed by atoms with E-state index in [9.17, 15) is 8.42 Å². The van der Waals surface area contributed by atoms with Crippen LogP contribution >= 0.6 is 0 Å². The van der Waals surface area contributed by atoms with Gasteiger partial charge in [-0.3, -0.25) is 5.10 Å². The molecular weight excluding hydrogens is 264 g/mol. The minimum atomic E-state index is -3.46. The fraction of sp³-hybridized carbons (Fsp3) is 0.750. The van der Waals surface area contributed by atoms with E-state index in [-0.39, 0.29) is 5.92 Å². The van der Waals surface area contributed by atoms with Crippen molar-refractivity contribution in [2.75, 3.05) is 19.6 Å². The average Bonchev–Trinajstić information content (AvgIpc) is 2.69.